The fourth-order valence-electron chi connectivity index (χ4n) is 2.48. The molecule has 1 aliphatic rings. The maximum Gasteiger partial charge on any atom is 0.264 e. The summed E-state index contributed by atoms with van der Waals surface area (Å²) in [5.74, 6) is 1.30. The molecule has 0 radical (unpaired) electrons. The van der Waals surface area contributed by atoms with Gasteiger partial charge in [-0.25, -0.2) is 0 Å². The van der Waals surface area contributed by atoms with Gasteiger partial charge >= 0.3 is 0 Å². The van der Waals surface area contributed by atoms with Crippen LogP contribution in [-0.2, 0) is 5.41 Å². The van der Waals surface area contributed by atoms with Crippen molar-refractivity contribution in [3.63, 3.8) is 0 Å². The Balaban J connectivity index is 1.84. The van der Waals surface area contributed by atoms with Gasteiger partial charge < -0.3 is 9.42 Å². The minimum absolute atomic E-state index is 0.0583. The molecule has 1 unspecified atom stereocenters. The van der Waals surface area contributed by atoms with Crippen molar-refractivity contribution in [2.75, 3.05) is 6.54 Å². The van der Waals surface area contributed by atoms with Gasteiger partial charge in [0.25, 0.3) is 5.91 Å². The van der Waals surface area contributed by atoms with Crippen molar-refractivity contribution in [2.45, 2.75) is 45.1 Å². The molecule has 2 aromatic rings. The van der Waals surface area contributed by atoms with E-state index in [-0.39, 0.29) is 17.4 Å². The number of carbonyl (C=O) groups excluding carboxylic acids is 1. The summed E-state index contributed by atoms with van der Waals surface area (Å²) in [4.78, 5) is 19.7. The second kappa shape index (κ2) is 5.26. The monoisotopic (exact) mass is 305 g/mol. The number of amides is 1. The summed E-state index contributed by atoms with van der Waals surface area (Å²) in [7, 11) is 0. The summed E-state index contributed by atoms with van der Waals surface area (Å²) < 4.78 is 5.42. The van der Waals surface area contributed by atoms with Crippen molar-refractivity contribution in [1.82, 2.24) is 15.0 Å². The fourth-order valence-corrected chi connectivity index (χ4v) is 3.16. The molecule has 0 bridgehead atoms. The molecule has 0 spiro atoms. The lowest BCUT2D eigenvalue weighted by molar-refractivity contribution is 0.0715. The molecule has 0 aromatic carbocycles. The molecule has 0 aliphatic carbocycles. The molecule has 5 nitrogen and oxygen atoms in total. The van der Waals surface area contributed by atoms with E-state index in [0.29, 0.717) is 11.7 Å². The van der Waals surface area contributed by atoms with Crippen molar-refractivity contribution in [2.24, 2.45) is 0 Å². The SMILES string of the molecule is CC(C)(C)c1noc(C2CCCN2C(=O)c2cccs2)n1. The van der Waals surface area contributed by atoms with Crippen molar-refractivity contribution >= 4 is 17.2 Å². The minimum atomic E-state index is -0.150. The largest absolute Gasteiger partial charge is 0.337 e. The molecule has 2 aromatic heterocycles. The van der Waals surface area contributed by atoms with E-state index < -0.39 is 0 Å². The summed E-state index contributed by atoms with van der Waals surface area (Å²) in [5, 5.41) is 5.99. The van der Waals surface area contributed by atoms with E-state index in [2.05, 4.69) is 10.1 Å². The first kappa shape index (κ1) is 14.3. The third-order valence-electron chi connectivity index (χ3n) is 3.64. The minimum Gasteiger partial charge on any atom is -0.337 e. The van der Waals surface area contributed by atoms with Crippen LogP contribution in [0.1, 0.15) is 61.0 Å². The maximum absolute atomic E-state index is 12.5. The summed E-state index contributed by atoms with van der Waals surface area (Å²) in [6, 6.07) is 3.66. The highest BCUT2D eigenvalue weighted by Gasteiger charge is 2.35. The van der Waals surface area contributed by atoms with E-state index in [4.69, 9.17) is 4.52 Å². The highest BCUT2D eigenvalue weighted by Crippen LogP contribution is 2.33. The number of rotatable bonds is 2. The Bertz CT molecular complexity index is 628. The molecule has 6 heteroatoms. The average molecular weight is 305 g/mol. The number of hydrogen-bond acceptors (Lipinski definition) is 5. The smallest absolute Gasteiger partial charge is 0.264 e. The third kappa shape index (κ3) is 2.72. The third-order valence-corrected chi connectivity index (χ3v) is 4.50. The van der Waals surface area contributed by atoms with Crippen molar-refractivity contribution < 1.29 is 9.32 Å². The van der Waals surface area contributed by atoms with Gasteiger partial charge in [-0.05, 0) is 24.3 Å². The molecular weight excluding hydrogens is 286 g/mol. The zero-order valence-corrected chi connectivity index (χ0v) is 13.3. The summed E-state index contributed by atoms with van der Waals surface area (Å²) >= 11 is 1.47. The number of aromatic nitrogens is 2. The standard InChI is InChI=1S/C15H19N3O2S/c1-15(2,3)14-16-12(20-17-14)10-6-4-8-18(10)13(19)11-7-5-9-21-11/h5,7,9-10H,4,6,8H2,1-3H3. The van der Waals surface area contributed by atoms with E-state index in [0.717, 1.165) is 24.3 Å². The lowest BCUT2D eigenvalue weighted by Gasteiger charge is -2.21. The van der Waals surface area contributed by atoms with Crippen molar-refractivity contribution in [3.8, 4) is 0 Å². The Hall–Kier alpha value is -1.69. The Labute approximate surface area is 128 Å². The topological polar surface area (TPSA) is 59.2 Å². The van der Waals surface area contributed by atoms with Crippen LogP contribution >= 0.6 is 11.3 Å². The van der Waals surface area contributed by atoms with Gasteiger partial charge in [0.1, 0.15) is 6.04 Å². The van der Waals surface area contributed by atoms with E-state index in [9.17, 15) is 4.79 Å². The highest BCUT2D eigenvalue weighted by molar-refractivity contribution is 7.12. The van der Waals surface area contributed by atoms with E-state index in [1.807, 2.05) is 43.2 Å². The van der Waals surface area contributed by atoms with Crippen LogP contribution in [0.2, 0.25) is 0 Å². The lowest BCUT2D eigenvalue weighted by Crippen LogP contribution is -2.30. The molecule has 3 rings (SSSR count). The van der Waals surface area contributed by atoms with Crippen molar-refractivity contribution in [1.29, 1.82) is 0 Å². The van der Waals surface area contributed by atoms with Crippen molar-refractivity contribution in [3.05, 3.63) is 34.1 Å². The van der Waals surface area contributed by atoms with Gasteiger partial charge in [0.2, 0.25) is 5.89 Å². The van der Waals surface area contributed by atoms with Gasteiger partial charge in [-0.3, -0.25) is 4.79 Å². The molecule has 0 saturated carbocycles. The molecule has 112 valence electrons. The molecular formula is C15H19N3O2S. The first-order valence-corrected chi connectivity index (χ1v) is 8.03. The number of nitrogens with zero attached hydrogens (tertiary/aromatic N) is 3. The molecule has 1 saturated heterocycles. The number of hydrogen-bond donors (Lipinski definition) is 0. The van der Waals surface area contributed by atoms with Crippen LogP contribution in [0.5, 0.6) is 0 Å². The van der Waals surface area contributed by atoms with E-state index in [1.54, 1.807) is 0 Å². The molecule has 3 heterocycles. The van der Waals surface area contributed by atoms with Gasteiger partial charge in [-0.1, -0.05) is 32.0 Å². The first-order chi connectivity index (χ1) is 9.97. The van der Waals surface area contributed by atoms with Crippen LogP contribution in [-0.4, -0.2) is 27.5 Å². The van der Waals surface area contributed by atoms with Gasteiger partial charge in [-0.15, -0.1) is 11.3 Å². The fraction of sp³-hybridized carbons (Fsp3) is 0.533. The molecule has 1 amide bonds. The zero-order chi connectivity index (χ0) is 15.0. The average Bonchev–Trinajstić information content (AvgIpc) is 3.16. The summed E-state index contributed by atoms with van der Waals surface area (Å²) in [6.45, 7) is 6.88. The number of carbonyl (C=O) groups is 1. The summed E-state index contributed by atoms with van der Waals surface area (Å²) in [6.07, 6.45) is 1.85. The Kier molecular flexibility index (Phi) is 3.57. The van der Waals surface area contributed by atoms with Crippen LogP contribution in [0.15, 0.2) is 22.0 Å². The highest BCUT2D eigenvalue weighted by atomic mass is 32.1. The second-order valence-electron chi connectivity index (χ2n) is 6.34. The van der Waals surface area contributed by atoms with Crippen LogP contribution in [0.3, 0.4) is 0 Å². The first-order valence-electron chi connectivity index (χ1n) is 7.15. The molecule has 1 atom stereocenters. The predicted molar refractivity (Wildman–Crippen MR) is 80.3 cm³/mol. The zero-order valence-electron chi connectivity index (χ0n) is 12.5. The second-order valence-corrected chi connectivity index (χ2v) is 7.29. The molecule has 21 heavy (non-hydrogen) atoms. The maximum atomic E-state index is 12.5. The predicted octanol–water partition coefficient (Wildman–Crippen LogP) is 3.41. The quantitative estimate of drug-likeness (QED) is 0.853. The number of likely N-dealkylation sites (tertiary alicyclic amines) is 1. The molecule has 1 aliphatic heterocycles. The lowest BCUT2D eigenvalue weighted by atomic mass is 9.96. The van der Waals surface area contributed by atoms with Crippen LogP contribution in [0.25, 0.3) is 0 Å². The Morgan fingerprint density at radius 1 is 1.48 bits per heavy atom. The number of thiophene rings is 1. The van der Waals surface area contributed by atoms with Crippen LogP contribution in [0.4, 0.5) is 0 Å². The Morgan fingerprint density at radius 3 is 2.90 bits per heavy atom. The van der Waals surface area contributed by atoms with Gasteiger partial charge in [-0.2, -0.15) is 4.98 Å². The molecule has 1 fully saturated rings. The molecule has 0 N–H and O–H groups in total. The normalized spacial score (nSPS) is 19.2. The Morgan fingerprint density at radius 2 is 2.29 bits per heavy atom. The van der Waals surface area contributed by atoms with Gasteiger partial charge in [0.05, 0.1) is 4.88 Å². The summed E-state index contributed by atoms with van der Waals surface area (Å²) in [5.41, 5.74) is -0.150. The van der Waals surface area contributed by atoms with E-state index >= 15 is 0 Å². The van der Waals surface area contributed by atoms with Gasteiger partial charge in [0.15, 0.2) is 5.82 Å². The van der Waals surface area contributed by atoms with Gasteiger partial charge in [0, 0.05) is 12.0 Å². The van der Waals surface area contributed by atoms with Crippen LogP contribution < -0.4 is 0 Å². The van der Waals surface area contributed by atoms with E-state index in [1.165, 1.54) is 11.3 Å². The van der Waals surface area contributed by atoms with Crippen LogP contribution in [0, 0.1) is 0 Å².